The van der Waals surface area contributed by atoms with Crippen LogP contribution in [0, 0.1) is 0 Å². The van der Waals surface area contributed by atoms with Crippen LogP contribution in [-0.2, 0) is 9.59 Å². The standard InChI is InChI=1S/C8H10N2O3/c1-5(11)10-7(8(12)13)6-2-3-9-4-6/h2-4,7,9H,1H3,(H,10,11)(H,12,13). The number of nitrogens with one attached hydrogen (secondary N) is 2. The zero-order valence-electron chi connectivity index (χ0n) is 7.07. The fourth-order valence-corrected chi connectivity index (χ4v) is 1.01. The van der Waals surface area contributed by atoms with Crippen LogP contribution in [0.15, 0.2) is 18.5 Å². The Bertz CT molecular complexity index is 305. The Morgan fingerprint density at radius 3 is 2.69 bits per heavy atom. The van der Waals surface area contributed by atoms with E-state index in [-0.39, 0.29) is 5.91 Å². The summed E-state index contributed by atoms with van der Waals surface area (Å²) in [7, 11) is 0. The number of aromatic amines is 1. The molecule has 0 aromatic carbocycles. The number of carbonyl (C=O) groups is 2. The van der Waals surface area contributed by atoms with Gasteiger partial charge in [0, 0.05) is 24.9 Å². The first-order valence-electron chi connectivity index (χ1n) is 3.74. The van der Waals surface area contributed by atoms with E-state index < -0.39 is 12.0 Å². The van der Waals surface area contributed by atoms with Crippen molar-refractivity contribution in [1.29, 1.82) is 0 Å². The van der Waals surface area contributed by atoms with Crippen molar-refractivity contribution in [2.45, 2.75) is 13.0 Å². The van der Waals surface area contributed by atoms with Crippen molar-refractivity contribution in [2.75, 3.05) is 0 Å². The van der Waals surface area contributed by atoms with E-state index >= 15 is 0 Å². The first kappa shape index (κ1) is 9.31. The quantitative estimate of drug-likeness (QED) is 0.627. The summed E-state index contributed by atoms with van der Waals surface area (Å²) < 4.78 is 0. The van der Waals surface area contributed by atoms with Crippen LogP contribution in [0.25, 0.3) is 0 Å². The molecule has 1 unspecified atom stereocenters. The number of amides is 1. The Kier molecular flexibility index (Phi) is 2.69. The fourth-order valence-electron chi connectivity index (χ4n) is 1.01. The number of carbonyl (C=O) groups excluding carboxylic acids is 1. The lowest BCUT2D eigenvalue weighted by Crippen LogP contribution is -2.31. The number of hydrogen-bond acceptors (Lipinski definition) is 2. The number of rotatable bonds is 3. The van der Waals surface area contributed by atoms with Crippen molar-refractivity contribution >= 4 is 11.9 Å². The lowest BCUT2D eigenvalue weighted by molar-refractivity contribution is -0.141. The molecule has 0 aliphatic carbocycles. The molecule has 3 N–H and O–H groups in total. The zero-order chi connectivity index (χ0) is 9.84. The van der Waals surface area contributed by atoms with Gasteiger partial charge in [0.25, 0.3) is 0 Å². The van der Waals surface area contributed by atoms with Gasteiger partial charge in [0.1, 0.15) is 0 Å². The second-order valence-electron chi connectivity index (χ2n) is 2.62. The smallest absolute Gasteiger partial charge is 0.330 e. The monoisotopic (exact) mass is 182 g/mol. The van der Waals surface area contributed by atoms with Crippen LogP contribution in [0.3, 0.4) is 0 Å². The molecule has 1 aromatic rings. The molecule has 1 heterocycles. The number of carboxylic acids is 1. The number of aliphatic carboxylic acids is 1. The van der Waals surface area contributed by atoms with Gasteiger partial charge in [-0.3, -0.25) is 4.79 Å². The maximum Gasteiger partial charge on any atom is 0.330 e. The topological polar surface area (TPSA) is 82.2 Å². The molecule has 0 bridgehead atoms. The van der Waals surface area contributed by atoms with E-state index in [0.717, 1.165) is 0 Å². The van der Waals surface area contributed by atoms with Crippen LogP contribution in [0.1, 0.15) is 18.5 Å². The molecule has 0 fully saturated rings. The minimum atomic E-state index is -1.07. The molecule has 1 rings (SSSR count). The van der Waals surface area contributed by atoms with Crippen LogP contribution < -0.4 is 5.32 Å². The van der Waals surface area contributed by atoms with Crippen LogP contribution in [0.4, 0.5) is 0 Å². The molecule has 1 atom stereocenters. The molecule has 70 valence electrons. The molecule has 1 aromatic heterocycles. The van der Waals surface area contributed by atoms with E-state index in [4.69, 9.17) is 5.11 Å². The van der Waals surface area contributed by atoms with Gasteiger partial charge in [-0.2, -0.15) is 0 Å². The van der Waals surface area contributed by atoms with Crippen LogP contribution in [-0.4, -0.2) is 22.0 Å². The first-order valence-corrected chi connectivity index (χ1v) is 3.74. The molecule has 1 amide bonds. The molecular formula is C8H10N2O3. The molecule has 0 spiro atoms. The van der Waals surface area contributed by atoms with Gasteiger partial charge in [-0.25, -0.2) is 4.79 Å². The third-order valence-electron chi connectivity index (χ3n) is 1.55. The number of hydrogen-bond donors (Lipinski definition) is 3. The minimum Gasteiger partial charge on any atom is -0.479 e. The van der Waals surface area contributed by atoms with E-state index in [2.05, 4.69) is 10.3 Å². The number of carboxylic acid groups (broad SMARTS) is 1. The summed E-state index contributed by atoms with van der Waals surface area (Å²) in [5.74, 6) is -1.44. The molecule has 5 nitrogen and oxygen atoms in total. The van der Waals surface area contributed by atoms with Gasteiger partial charge < -0.3 is 15.4 Å². The molecule has 5 heteroatoms. The maximum atomic E-state index is 10.7. The van der Waals surface area contributed by atoms with Gasteiger partial charge >= 0.3 is 5.97 Å². The predicted octanol–water partition coefficient (Wildman–Crippen LogP) is 0.276. The average Bonchev–Trinajstić information content (AvgIpc) is 2.50. The summed E-state index contributed by atoms with van der Waals surface area (Å²) in [6.45, 7) is 1.28. The molecule has 0 aliphatic rings. The Morgan fingerprint density at radius 1 is 1.62 bits per heavy atom. The van der Waals surface area contributed by atoms with Crippen molar-refractivity contribution in [3.05, 3.63) is 24.0 Å². The Labute approximate surface area is 74.8 Å². The SMILES string of the molecule is CC(=O)NC(C(=O)O)c1cc[nH]c1. The van der Waals surface area contributed by atoms with E-state index in [1.54, 1.807) is 12.3 Å². The van der Waals surface area contributed by atoms with Gasteiger partial charge in [0.05, 0.1) is 0 Å². The van der Waals surface area contributed by atoms with Crippen LogP contribution in [0.5, 0.6) is 0 Å². The number of aromatic nitrogens is 1. The normalized spacial score (nSPS) is 12.1. The van der Waals surface area contributed by atoms with E-state index in [0.29, 0.717) is 5.56 Å². The minimum absolute atomic E-state index is 0.367. The largest absolute Gasteiger partial charge is 0.479 e. The van der Waals surface area contributed by atoms with Crippen molar-refractivity contribution in [2.24, 2.45) is 0 Å². The molecule has 13 heavy (non-hydrogen) atoms. The van der Waals surface area contributed by atoms with E-state index in [1.807, 2.05) is 0 Å². The summed E-state index contributed by atoms with van der Waals surface area (Å²) >= 11 is 0. The van der Waals surface area contributed by atoms with E-state index in [9.17, 15) is 9.59 Å². The van der Waals surface area contributed by atoms with Crippen molar-refractivity contribution in [3.63, 3.8) is 0 Å². The first-order chi connectivity index (χ1) is 6.11. The Hall–Kier alpha value is -1.78. The molecule has 0 radical (unpaired) electrons. The van der Waals surface area contributed by atoms with Gasteiger partial charge in [-0.15, -0.1) is 0 Å². The molecule has 0 aliphatic heterocycles. The van der Waals surface area contributed by atoms with E-state index in [1.165, 1.54) is 13.1 Å². The van der Waals surface area contributed by atoms with Crippen LogP contribution in [0.2, 0.25) is 0 Å². The highest BCUT2D eigenvalue weighted by atomic mass is 16.4. The number of H-pyrrole nitrogens is 1. The Balaban J connectivity index is 2.81. The highest BCUT2D eigenvalue weighted by molar-refractivity contribution is 5.83. The summed E-state index contributed by atoms with van der Waals surface area (Å²) in [4.78, 5) is 24.1. The second kappa shape index (κ2) is 3.75. The molecule has 0 saturated heterocycles. The average molecular weight is 182 g/mol. The summed E-state index contributed by atoms with van der Waals surface area (Å²) in [5, 5.41) is 11.1. The Morgan fingerprint density at radius 2 is 2.31 bits per heavy atom. The van der Waals surface area contributed by atoms with Crippen molar-refractivity contribution in [3.8, 4) is 0 Å². The van der Waals surface area contributed by atoms with Crippen LogP contribution >= 0.6 is 0 Å². The molecule has 0 saturated carbocycles. The highest BCUT2D eigenvalue weighted by Gasteiger charge is 2.20. The fraction of sp³-hybridized carbons (Fsp3) is 0.250. The third-order valence-corrected chi connectivity index (χ3v) is 1.55. The summed E-state index contributed by atoms with van der Waals surface area (Å²) in [6.07, 6.45) is 3.14. The third kappa shape index (κ3) is 2.33. The predicted molar refractivity (Wildman–Crippen MR) is 45.0 cm³/mol. The van der Waals surface area contributed by atoms with Gasteiger partial charge in [-0.1, -0.05) is 0 Å². The summed E-state index contributed by atoms with van der Waals surface area (Å²) in [6, 6.07) is 0.637. The van der Waals surface area contributed by atoms with Gasteiger partial charge in [0.15, 0.2) is 6.04 Å². The second-order valence-corrected chi connectivity index (χ2v) is 2.62. The zero-order valence-corrected chi connectivity index (χ0v) is 7.07. The summed E-state index contributed by atoms with van der Waals surface area (Å²) in [5.41, 5.74) is 0.530. The molecular weight excluding hydrogens is 172 g/mol. The van der Waals surface area contributed by atoms with Crippen molar-refractivity contribution < 1.29 is 14.7 Å². The lowest BCUT2D eigenvalue weighted by Gasteiger charge is -2.10. The highest BCUT2D eigenvalue weighted by Crippen LogP contribution is 2.11. The maximum absolute atomic E-state index is 10.7. The lowest BCUT2D eigenvalue weighted by atomic mass is 10.1. The van der Waals surface area contributed by atoms with Gasteiger partial charge in [-0.05, 0) is 6.07 Å². The van der Waals surface area contributed by atoms with Crippen molar-refractivity contribution in [1.82, 2.24) is 10.3 Å². The van der Waals surface area contributed by atoms with Gasteiger partial charge in [0.2, 0.25) is 5.91 Å².